The molecule has 16 heavy (non-hydrogen) atoms. The molecule has 90 valence electrons. The Kier molecular flexibility index (Phi) is 3.40. The molecule has 2 amide bonds. The molecule has 0 spiro atoms. The van der Waals surface area contributed by atoms with Crippen LogP contribution < -0.4 is 5.32 Å². The Labute approximate surface area is 94.2 Å². The Balaban J connectivity index is 1.90. The lowest BCUT2D eigenvalue weighted by Crippen LogP contribution is -2.51. The summed E-state index contributed by atoms with van der Waals surface area (Å²) in [7, 11) is 0. The minimum atomic E-state index is -0.474. The normalized spacial score (nSPS) is 25.9. The van der Waals surface area contributed by atoms with Crippen LogP contribution in [0.2, 0.25) is 0 Å². The zero-order valence-corrected chi connectivity index (χ0v) is 9.19. The summed E-state index contributed by atoms with van der Waals surface area (Å²) in [5.74, 6) is -0.908. The third kappa shape index (κ3) is 2.33. The highest BCUT2D eigenvalue weighted by atomic mass is 16.3. The van der Waals surface area contributed by atoms with Crippen LogP contribution in [-0.2, 0) is 9.59 Å². The number of nitrogens with one attached hydrogen (secondary N) is 1. The Morgan fingerprint density at radius 1 is 1.06 bits per heavy atom. The van der Waals surface area contributed by atoms with Gasteiger partial charge in [0.1, 0.15) is 0 Å². The Bertz CT molecular complexity index is 274. The fourth-order valence-electron chi connectivity index (χ4n) is 2.06. The minimum Gasteiger partial charge on any atom is -0.391 e. The molecule has 0 aromatic carbocycles. The second kappa shape index (κ2) is 4.80. The lowest BCUT2D eigenvalue weighted by Gasteiger charge is -2.28. The van der Waals surface area contributed by atoms with E-state index in [1.165, 1.54) is 4.90 Å². The lowest BCUT2D eigenvalue weighted by molar-refractivity contribution is -0.151. The van der Waals surface area contributed by atoms with E-state index in [1.54, 1.807) is 4.90 Å². The molecule has 2 fully saturated rings. The molecule has 0 radical (unpaired) electrons. The van der Waals surface area contributed by atoms with Crippen LogP contribution in [0.3, 0.4) is 0 Å². The summed E-state index contributed by atoms with van der Waals surface area (Å²) in [4.78, 5) is 26.6. The summed E-state index contributed by atoms with van der Waals surface area (Å²) >= 11 is 0. The third-order valence-corrected chi connectivity index (χ3v) is 3.04. The molecule has 0 saturated carbocycles. The van der Waals surface area contributed by atoms with Crippen LogP contribution >= 0.6 is 0 Å². The first kappa shape index (κ1) is 11.3. The summed E-state index contributed by atoms with van der Waals surface area (Å²) in [6, 6.07) is 0. The summed E-state index contributed by atoms with van der Waals surface area (Å²) < 4.78 is 0. The number of hydrogen-bond acceptors (Lipinski definition) is 4. The van der Waals surface area contributed by atoms with Gasteiger partial charge in [-0.1, -0.05) is 0 Å². The SMILES string of the molecule is O=C(C(=O)N1CCC(O)C1)N1CCNCC1. The summed E-state index contributed by atoms with van der Waals surface area (Å²) in [6.07, 6.45) is 0.0976. The first-order valence-electron chi connectivity index (χ1n) is 5.65. The van der Waals surface area contributed by atoms with Gasteiger partial charge in [0.15, 0.2) is 0 Å². The van der Waals surface area contributed by atoms with Gasteiger partial charge in [0.25, 0.3) is 0 Å². The predicted molar refractivity (Wildman–Crippen MR) is 56.7 cm³/mol. The molecular formula is C10H17N3O3. The molecule has 1 unspecified atom stereocenters. The maximum Gasteiger partial charge on any atom is 0.312 e. The molecule has 0 bridgehead atoms. The van der Waals surface area contributed by atoms with E-state index in [1.807, 2.05) is 0 Å². The molecule has 2 heterocycles. The van der Waals surface area contributed by atoms with Gasteiger partial charge in [0, 0.05) is 39.3 Å². The van der Waals surface area contributed by atoms with Gasteiger partial charge in [0.2, 0.25) is 0 Å². The smallest absolute Gasteiger partial charge is 0.312 e. The van der Waals surface area contributed by atoms with Gasteiger partial charge in [-0.05, 0) is 6.42 Å². The van der Waals surface area contributed by atoms with Crippen molar-refractivity contribution in [1.82, 2.24) is 15.1 Å². The minimum absolute atomic E-state index is 0.288. The first-order chi connectivity index (χ1) is 7.68. The molecule has 2 saturated heterocycles. The van der Waals surface area contributed by atoms with Gasteiger partial charge in [-0.3, -0.25) is 9.59 Å². The van der Waals surface area contributed by atoms with Crippen molar-refractivity contribution < 1.29 is 14.7 Å². The molecule has 6 heteroatoms. The number of β-amino-alcohol motifs (C(OH)–C–C–N with tert-alkyl or cyclic N) is 1. The van der Waals surface area contributed by atoms with Crippen LogP contribution in [0.1, 0.15) is 6.42 Å². The summed E-state index contributed by atoms with van der Waals surface area (Å²) in [6.45, 7) is 3.42. The van der Waals surface area contributed by atoms with Crippen molar-refractivity contribution in [1.29, 1.82) is 0 Å². The van der Waals surface area contributed by atoms with E-state index >= 15 is 0 Å². The number of hydrogen-bond donors (Lipinski definition) is 2. The summed E-state index contributed by atoms with van der Waals surface area (Å²) in [5.41, 5.74) is 0. The van der Waals surface area contributed by atoms with Gasteiger partial charge in [-0.25, -0.2) is 0 Å². The Morgan fingerprint density at radius 2 is 1.69 bits per heavy atom. The molecule has 0 aliphatic carbocycles. The fourth-order valence-corrected chi connectivity index (χ4v) is 2.06. The second-order valence-corrected chi connectivity index (χ2v) is 4.24. The number of nitrogens with zero attached hydrogens (tertiary/aromatic N) is 2. The van der Waals surface area contributed by atoms with Crippen LogP contribution in [-0.4, -0.2) is 72.1 Å². The van der Waals surface area contributed by atoms with E-state index in [-0.39, 0.29) is 6.54 Å². The summed E-state index contributed by atoms with van der Waals surface area (Å²) in [5, 5.41) is 12.4. The molecule has 6 nitrogen and oxygen atoms in total. The van der Waals surface area contributed by atoms with Gasteiger partial charge in [0.05, 0.1) is 6.10 Å². The highest BCUT2D eigenvalue weighted by Gasteiger charge is 2.32. The highest BCUT2D eigenvalue weighted by molar-refractivity contribution is 6.35. The molecule has 2 aliphatic heterocycles. The number of aliphatic hydroxyl groups is 1. The number of rotatable bonds is 0. The third-order valence-electron chi connectivity index (χ3n) is 3.04. The molecular weight excluding hydrogens is 210 g/mol. The van der Waals surface area contributed by atoms with E-state index in [4.69, 9.17) is 0 Å². The maximum atomic E-state index is 11.8. The number of amides is 2. The van der Waals surface area contributed by atoms with Crippen LogP contribution in [0.5, 0.6) is 0 Å². The zero-order chi connectivity index (χ0) is 11.5. The monoisotopic (exact) mass is 227 g/mol. The highest BCUT2D eigenvalue weighted by Crippen LogP contribution is 2.10. The number of piperazine rings is 1. The number of likely N-dealkylation sites (tertiary alicyclic amines) is 1. The van der Waals surface area contributed by atoms with Gasteiger partial charge in [-0.15, -0.1) is 0 Å². The number of aliphatic hydroxyl groups excluding tert-OH is 1. The van der Waals surface area contributed by atoms with Gasteiger partial charge < -0.3 is 20.2 Å². The van der Waals surface area contributed by atoms with E-state index in [0.29, 0.717) is 26.1 Å². The van der Waals surface area contributed by atoms with Crippen LogP contribution in [0.4, 0.5) is 0 Å². The van der Waals surface area contributed by atoms with Crippen molar-refractivity contribution in [3.63, 3.8) is 0 Å². The quantitative estimate of drug-likeness (QED) is 0.470. The molecule has 2 N–H and O–H groups in total. The predicted octanol–water partition coefficient (Wildman–Crippen LogP) is -1.99. The lowest BCUT2D eigenvalue weighted by atomic mass is 10.3. The van der Waals surface area contributed by atoms with Crippen LogP contribution in [0, 0.1) is 0 Å². The standard InChI is InChI=1S/C10H17N3O3/c14-8-1-4-13(7-8)10(16)9(15)12-5-2-11-3-6-12/h8,11,14H,1-7H2. The van der Waals surface area contributed by atoms with E-state index < -0.39 is 17.9 Å². The topological polar surface area (TPSA) is 72.9 Å². The Morgan fingerprint density at radius 3 is 2.25 bits per heavy atom. The van der Waals surface area contributed by atoms with Crippen LogP contribution in [0.15, 0.2) is 0 Å². The van der Waals surface area contributed by atoms with E-state index in [2.05, 4.69) is 5.32 Å². The average Bonchev–Trinajstić information content (AvgIpc) is 2.75. The number of carbonyl (C=O) groups is 2. The number of carbonyl (C=O) groups excluding carboxylic acids is 2. The maximum absolute atomic E-state index is 11.8. The van der Waals surface area contributed by atoms with Crippen molar-refractivity contribution in [3.05, 3.63) is 0 Å². The average molecular weight is 227 g/mol. The molecule has 1 atom stereocenters. The fraction of sp³-hybridized carbons (Fsp3) is 0.800. The van der Waals surface area contributed by atoms with Crippen molar-refractivity contribution in [2.45, 2.75) is 12.5 Å². The van der Waals surface area contributed by atoms with Crippen LogP contribution in [0.25, 0.3) is 0 Å². The zero-order valence-electron chi connectivity index (χ0n) is 9.19. The van der Waals surface area contributed by atoms with Gasteiger partial charge >= 0.3 is 11.8 Å². The molecule has 2 aliphatic rings. The molecule has 0 aromatic rings. The van der Waals surface area contributed by atoms with Crippen molar-refractivity contribution in [2.75, 3.05) is 39.3 Å². The van der Waals surface area contributed by atoms with E-state index in [9.17, 15) is 14.7 Å². The van der Waals surface area contributed by atoms with Crippen molar-refractivity contribution >= 4 is 11.8 Å². The van der Waals surface area contributed by atoms with Crippen molar-refractivity contribution in [2.24, 2.45) is 0 Å². The molecule has 2 rings (SSSR count). The first-order valence-corrected chi connectivity index (χ1v) is 5.65. The van der Waals surface area contributed by atoms with Gasteiger partial charge in [-0.2, -0.15) is 0 Å². The second-order valence-electron chi connectivity index (χ2n) is 4.24. The van der Waals surface area contributed by atoms with E-state index in [0.717, 1.165) is 13.1 Å². The Hall–Kier alpha value is -1.14. The molecule has 0 aromatic heterocycles. The largest absolute Gasteiger partial charge is 0.391 e. The van der Waals surface area contributed by atoms with Crippen molar-refractivity contribution in [3.8, 4) is 0 Å².